The fourth-order valence-electron chi connectivity index (χ4n) is 1.37. The van der Waals surface area contributed by atoms with Crippen molar-refractivity contribution >= 4 is 17.3 Å². The number of rotatable bonds is 7. The number of nitrogens with two attached hydrogens (primary N) is 1. The summed E-state index contributed by atoms with van der Waals surface area (Å²) >= 11 is 0. The molecule has 0 unspecified atom stereocenters. The topological polar surface area (TPSA) is 84.6 Å². The summed E-state index contributed by atoms with van der Waals surface area (Å²) in [6.07, 6.45) is -2.51. The van der Waals surface area contributed by atoms with Crippen molar-refractivity contribution < 1.29 is 23.4 Å². The molecule has 5 nitrogen and oxygen atoms in total. The molecule has 7 heteroatoms. The third kappa shape index (κ3) is 4.17. The number of nitrogens with one attached hydrogen (secondary N) is 1. The fourth-order valence-corrected chi connectivity index (χ4v) is 1.37. The minimum atomic E-state index is -2.51. The molecule has 0 aromatic heterocycles. The van der Waals surface area contributed by atoms with E-state index in [0.717, 1.165) is 0 Å². The predicted octanol–water partition coefficient (Wildman–Crippen LogP) is 1.66. The Balaban J connectivity index is 2.53. The average Bonchev–Trinajstić information content (AvgIpc) is 2.29. The summed E-state index contributed by atoms with van der Waals surface area (Å²) in [5, 5.41) is 11.7. The van der Waals surface area contributed by atoms with Gasteiger partial charge in [-0.25, -0.2) is 13.6 Å². The highest BCUT2D eigenvalue weighted by molar-refractivity contribution is 5.97. The van der Waals surface area contributed by atoms with Crippen LogP contribution in [0.1, 0.15) is 10.4 Å². The van der Waals surface area contributed by atoms with Crippen molar-refractivity contribution in [2.24, 2.45) is 0 Å². The van der Waals surface area contributed by atoms with Crippen molar-refractivity contribution in [2.75, 3.05) is 30.8 Å². The summed E-state index contributed by atoms with van der Waals surface area (Å²) in [4.78, 5) is 10.9. The van der Waals surface area contributed by atoms with Crippen molar-refractivity contribution in [3.63, 3.8) is 0 Å². The van der Waals surface area contributed by atoms with Crippen molar-refractivity contribution in [1.82, 2.24) is 0 Å². The highest BCUT2D eigenvalue weighted by Crippen LogP contribution is 2.23. The summed E-state index contributed by atoms with van der Waals surface area (Å²) < 4.78 is 28.2. The zero-order valence-electron chi connectivity index (χ0n) is 9.53. The number of carbonyl (C=O) groups is 1. The number of carboxylic acid groups (broad SMARTS) is 1. The van der Waals surface area contributed by atoms with E-state index in [2.05, 4.69) is 10.1 Å². The van der Waals surface area contributed by atoms with Crippen LogP contribution in [0, 0.1) is 0 Å². The monoisotopic (exact) mass is 260 g/mol. The highest BCUT2D eigenvalue weighted by Gasteiger charge is 2.11. The number of nitrogen functional groups attached to an aromatic ring is 1. The molecule has 1 rings (SSSR count). The molecule has 0 amide bonds. The molecule has 0 heterocycles. The maximum atomic E-state index is 11.8. The van der Waals surface area contributed by atoms with Gasteiger partial charge >= 0.3 is 5.97 Å². The van der Waals surface area contributed by atoms with Crippen molar-refractivity contribution in [1.29, 1.82) is 0 Å². The van der Waals surface area contributed by atoms with Gasteiger partial charge in [0, 0.05) is 6.54 Å². The number of alkyl halides is 2. The molecule has 18 heavy (non-hydrogen) atoms. The lowest BCUT2D eigenvalue weighted by molar-refractivity contribution is 0.0215. The Labute approximate surface area is 103 Å². The van der Waals surface area contributed by atoms with E-state index in [1.165, 1.54) is 12.1 Å². The van der Waals surface area contributed by atoms with E-state index < -0.39 is 19.0 Å². The lowest BCUT2D eigenvalue weighted by Gasteiger charge is -2.12. The van der Waals surface area contributed by atoms with Gasteiger partial charge in [-0.3, -0.25) is 0 Å². The van der Waals surface area contributed by atoms with Gasteiger partial charge in [-0.1, -0.05) is 6.07 Å². The molecular weight excluding hydrogens is 246 g/mol. The summed E-state index contributed by atoms with van der Waals surface area (Å²) in [6, 6.07) is 4.48. The summed E-state index contributed by atoms with van der Waals surface area (Å²) in [7, 11) is 0. The van der Waals surface area contributed by atoms with Gasteiger partial charge in [0.05, 0.1) is 23.5 Å². The molecule has 0 bridgehead atoms. The van der Waals surface area contributed by atoms with E-state index in [-0.39, 0.29) is 30.1 Å². The van der Waals surface area contributed by atoms with Crippen LogP contribution in [0.2, 0.25) is 0 Å². The number of hydrogen-bond acceptors (Lipinski definition) is 4. The molecule has 0 fully saturated rings. The minimum Gasteiger partial charge on any atom is -0.478 e. The number of aromatic carboxylic acids is 1. The molecule has 0 spiro atoms. The summed E-state index contributed by atoms with van der Waals surface area (Å²) in [5.74, 6) is -1.11. The highest BCUT2D eigenvalue weighted by atomic mass is 19.3. The van der Waals surface area contributed by atoms with Crippen LogP contribution >= 0.6 is 0 Å². The van der Waals surface area contributed by atoms with Crippen LogP contribution in [0.25, 0.3) is 0 Å². The maximum absolute atomic E-state index is 11.8. The predicted molar refractivity (Wildman–Crippen MR) is 63.1 cm³/mol. The Bertz CT molecular complexity index is 413. The normalized spacial score (nSPS) is 10.6. The number of carboxylic acids is 1. The van der Waals surface area contributed by atoms with Gasteiger partial charge in [0.2, 0.25) is 0 Å². The summed E-state index contributed by atoms with van der Waals surface area (Å²) in [6.45, 7) is -0.406. The minimum absolute atomic E-state index is 0.0314. The van der Waals surface area contributed by atoms with Gasteiger partial charge in [-0.15, -0.1) is 0 Å². The largest absolute Gasteiger partial charge is 0.478 e. The second-order valence-corrected chi connectivity index (χ2v) is 3.47. The van der Waals surface area contributed by atoms with Crippen LogP contribution in [0.3, 0.4) is 0 Å². The molecule has 100 valence electrons. The molecule has 4 N–H and O–H groups in total. The van der Waals surface area contributed by atoms with E-state index in [1.54, 1.807) is 6.07 Å². The molecule has 0 saturated carbocycles. The second-order valence-electron chi connectivity index (χ2n) is 3.47. The molecule has 0 aliphatic heterocycles. The number of anilines is 2. The van der Waals surface area contributed by atoms with Crippen LogP contribution in [-0.4, -0.2) is 37.3 Å². The van der Waals surface area contributed by atoms with Gasteiger partial charge in [0.25, 0.3) is 6.43 Å². The van der Waals surface area contributed by atoms with E-state index >= 15 is 0 Å². The molecule has 0 saturated heterocycles. The molecule has 0 atom stereocenters. The quantitative estimate of drug-likeness (QED) is 0.513. The Kier molecular flexibility index (Phi) is 5.31. The number of para-hydroxylation sites is 1. The van der Waals surface area contributed by atoms with E-state index in [9.17, 15) is 13.6 Å². The smallest absolute Gasteiger partial charge is 0.337 e. The molecule has 0 aliphatic rings. The number of ether oxygens (including phenoxy) is 1. The van der Waals surface area contributed by atoms with Gasteiger partial charge in [-0.05, 0) is 12.1 Å². The Hall–Kier alpha value is -1.89. The van der Waals surface area contributed by atoms with Gasteiger partial charge in [-0.2, -0.15) is 0 Å². The zero-order chi connectivity index (χ0) is 13.5. The van der Waals surface area contributed by atoms with Crippen molar-refractivity contribution in [3.05, 3.63) is 23.8 Å². The van der Waals surface area contributed by atoms with Crippen molar-refractivity contribution in [3.8, 4) is 0 Å². The van der Waals surface area contributed by atoms with Gasteiger partial charge < -0.3 is 20.9 Å². The Morgan fingerprint density at radius 1 is 1.50 bits per heavy atom. The average molecular weight is 260 g/mol. The molecule has 1 aromatic carbocycles. The molecule has 0 radical (unpaired) electrons. The van der Waals surface area contributed by atoms with Gasteiger partial charge in [0.15, 0.2) is 0 Å². The Morgan fingerprint density at radius 3 is 2.83 bits per heavy atom. The summed E-state index contributed by atoms with van der Waals surface area (Å²) in [5.41, 5.74) is 6.22. The lowest BCUT2D eigenvalue weighted by atomic mass is 10.1. The van der Waals surface area contributed by atoms with E-state index in [4.69, 9.17) is 10.8 Å². The number of benzene rings is 1. The first-order valence-corrected chi connectivity index (χ1v) is 5.24. The number of hydrogen-bond donors (Lipinski definition) is 3. The van der Waals surface area contributed by atoms with Crippen molar-refractivity contribution in [2.45, 2.75) is 6.43 Å². The van der Waals surface area contributed by atoms with E-state index in [0.29, 0.717) is 0 Å². The Morgan fingerprint density at radius 2 is 2.22 bits per heavy atom. The lowest BCUT2D eigenvalue weighted by Crippen LogP contribution is -2.15. The maximum Gasteiger partial charge on any atom is 0.337 e. The van der Waals surface area contributed by atoms with Crippen LogP contribution in [-0.2, 0) is 4.74 Å². The molecule has 1 aromatic rings. The van der Waals surface area contributed by atoms with Crippen LogP contribution in [0.4, 0.5) is 20.2 Å². The molecule has 0 aliphatic carbocycles. The fraction of sp³-hybridized carbons (Fsp3) is 0.364. The first-order chi connectivity index (χ1) is 8.52. The zero-order valence-corrected chi connectivity index (χ0v) is 9.53. The van der Waals surface area contributed by atoms with Crippen LogP contribution in [0.5, 0.6) is 0 Å². The first kappa shape index (κ1) is 14.2. The SMILES string of the molecule is Nc1cccc(C(=O)O)c1NCCOCC(F)F. The van der Waals surface area contributed by atoms with E-state index in [1.807, 2.05) is 0 Å². The first-order valence-electron chi connectivity index (χ1n) is 5.24. The third-order valence-corrected chi connectivity index (χ3v) is 2.12. The van der Waals surface area contributed by atoms with Crippen LogP contribution in [0.15, 0.2) is 18.2 Å². The van der Waals surface area contributed by atoms with Gasteiger partial charge in [0.1, 0.15) is 6.61 Å². The molecular formula is C11H14F2N2O3. The van der Waals surface area contributed by atoms with Crippen LogP contribution < -0.4 is 11.1 Å². The standard InChI is InChI=1S/C11H14F2N2O3/c12-9(13)6-18-5-4-15-10-7(11(16)17)2-1-3-8(10)14/h1-3,9,15H,4-6,14H2,(H,16,17). The second kappa shape index (κ2) is 6.75. The number of halogens is 2. The third-order valence-electron chi connectivity index (χ3n) is 2.12.